The van der Waals surface area contributed by atoms with Crippen molar-refractivity contribution >= 4 is 17.3 Å². The van der Waals surface area contributed by atoms with E-state index in [1.54, 1.807) is 25.2 Å². The zero-order valence-electron chi connectivity index (χ0n) is 11.3. The van der Waals surface area contributed by atoms with E-state index in [0.29, 0.717) is 5.56 Å². The van der Waals surface area contributed by atoms with Gasteiger partial charge in [-0.15, -0.1) is 0 Å². The molecule has 0 aliphatic heterocycles. The van der Waals surface area contributed by atoms with Gasteiger partial charge in [-0.05, 0) is 18.2 Å². The van der Waals surface area contributed by atoms with Crippen LogP contribution >= 0.6 is 0 Å². The molecule has 0 amide bonds. The van der Waals surface area contributed by atoms with Crippen molar-refractivity contribution in [2.75, 3.05) is 17.7 Å². The average Bonchev–Trinajstić information content (AvgIpc) is 2.40. The summed E-state index contributed by atoms with van der Waals surface area (Å²) < 4.78 is 27.5. The summed E-state index contributed by atoms with van der Waals surface area (Å²) in [5, 5.41) is 9.02. The normalized spacial score (nSPS) is 10.4. The number of rotatable bonds is 4. The predicted octanol–water partition coefficient (Wildman–Crippen LogP) is 2.88. The first-order valence-electron chi connectivity index (χ1n) is 6.17. The van der Waals surface area contributed by atoms with Gasteiger partial charge in [-0.25, -0.2) is 13.6 Å². The fourth-order valence-electron chi connectivity index (χ4n) is 2.02. The summed E-state index contributed by atoms with van der Waals surface area (Å²) in [6.45, 7) is 0.104. The van der Waals surface area contributed by atoms with E-state index in [-0.39, 0.29) is 23.5 Å². The van der Waals surface area contributed by atoms with Crippen LogP contribution in [0.4, 0.5) is 20.2 Å². The highest BCUT2D eigenvalue weighted by Gasteiger charge is 2.16. The van der Waals surface area contributed by atoms with Crippen molar-refractivity contribution in [3.8, 4) is 0 Å². The second kappa shape index (κ2) is 5.78. The lowest BCUT2D eigenvalue weighted by Gasteiger charge is -2.21. The van der Waals surface area contributed by atoms with Gasteiger partial charge in [0, 0.05) is 24.8 Å². The molecule has 21 heavy (non-hydrogen) atoms. The molecular weight excluding hydrogens is 278 g/mol. The molecule has 2 rings (SSSR count). The summed E-state index contributed by atoms with van der Waals surface area (Å²) in [4.78, 5) is 12.5. The van der Waals surface area contributed by atoms with Crippen molar-refractivity contribution in [1.82, 2.24) is 0 Å². The van der Waals surface area contributed by atoms with Crippen molar-refractivity contribution in [2.45, 2.75) is 6.54 Å². The van der Waals surface area contributed by atoms with Crippen molar-refractivity contribution in [3.05, 3.63) is 59.2 Å². The Labute approximate surface area is 120 Å². The first-order chi connectivity index (χ1) is 9.90. The van der Waals surface area contributed by atoms with Crippen LogP contribution in [0.2, 0.25) is 0 Å². The molecule has 2 aromatic carbocycles. The van der Waals surface area contributed by atoms with E-state index in [9.17, 15) is 13.6 Å². The number of nitrogens with zero attached hydrogens (tertiary/aromatic N) is 1. The monoisotopic (exact) mass is 292 g/mol. The molecule has 0 fully saturated rings. The summed E-state index contributed by atoms with van der Waals surface area (Å²) >= 11 is 0. The van der Waals surface area contributed by atoms with Crippen LogP contribution in [0.25, 0.3) is 0 Å². The van der Waals surface area contributed by atoms with Gasteiger partial charge in [0.2, 0.25) is 0 Å². The van der Waals surface area contributed by atoms with Gasteiger partial charge in [0.1, 0.15) is 11.6 Å². The third-order valence-corrected chi connectivity index (χ3v) is 3.13. The van der Waals surface area contributed by atoms with Gasteiger partial charge < -0.3 is 15.7 Å². The minimum absolute atomic E-state index is 0.0462. The third-order valence-electron chi connectivity index (χ3n) is 3.13. The highest BCUT2D eigenvalue weighted by atomic mass is 19.1. The zero-order chi connectivity index (χ0) is 15.6. The molecule has 0 aliphatic rings. The zero-order valence-corrected chi connectivity index (χ0v) is 11.3. The topological polar surface area (TPSA) is 66.6 Å². The van der Waals surface area contributed by atoms with Gasteiger partial charge in [0.25, 0.3) is 0 Å². The number of nitrogen functional groups attached to an aromatic ring is 1. The number of hydrogen-bond donors (Lipinski definition) is 2. The highest BCUT2D eigenvalue weighted by Crippen LogP contribution is 2.26. The molecule has 0 saturated heterocycles. The third kappa shape index (κ3) is 3.10. The number of carbonyl (C=O) groups is 1. The molecule has 0 saturated carbocycles. The van der Waals surface area contributed by atoms with E-state index in [4.69, 9.17) is 10.8 Å². The Morgan fingerprint density at radius 1 is 1.24 bits per heavy atom. The Balaban J connectivity index is 2.35. The molecule has 0 radical (unpaired) electrons. The molecule has 6 heteroatoms. The minimum atomic E-state index is -1.24. The Hall–Kier alpha value is -2.63. The summed E-state index contributed by atoms with van der Waals surface area (Å²) in [7, 11) is 1.55. The van der Waals surface area contributed by atoms with Crippen molar-refractivity contribution in [3.63, 3.8) is 0 Å². The van der Waals surface area contributed by atoms with Crippen LogP contribution in [0.1, 0.15) is 15.9 Å². The average molecular weight is 292 g/mol. The lowest BCUT2D eigenvalue weighted by Crippen LogP contribution is -2.19. The predicted molar refractivity (Wildman–Crippen MR) is 76.3 cm³/mol. The number of anilines is 2. The van der Waals surface area contributed by atoms with E-state index in [1.807, 2.05) is 0 Å². The first-order valence-corrected chi connectivity index (χ1v) is 6.17. The largest absolute Gasteiger partial charge is 0.478 e. The maximum absolute atomic E-state index is 13.9. The number of nitrogens with two attached hydrogens (primary N) is 1. The molecule has 3 N–H and O–H groups in total. The molecule has 0 atom stereocenters. The molecule has 0 aliphatic carbocycles. The second-order valence-electron chi connectivity index (χ2n) is 4.64. The number of carboxylic acid groups (broad SMARTS) is 1. The van der Waals surface area contributed by atoms with Gasteiger partial charge in [0.05, 0.1) is 11.3 Å². The Morgan fingerprint density at radius 3 is 2.52 bits per heavy atom. The summed E-state index contributed by atoms with van der Waals surface area (Å²) in [6, 6.07) is 8.23. The van der Waals surface area contributed by atoms with Crippen LogP contribution in [0.15, 0.2) is 36.4 Å². The summed E-state index contributed by atoms with van der Waals surface area (Å²) in [5.74, 6) is -2.30. The standard InChI is InChI=1S/C15H14F2N2O2/c1-19(8-9-4-2-3-5-11(9)16)14-6-10(15(20)21)13(18)7-12(14)17/h2-7H,8,18H2,1H3,(H,20,21). The smallest absolute Gasteiger partial charge is 0.337 e. The van der Waals surface area contributed by atoms with Gasteiger partial charge in [-0.2, -0.15) is 0 Å². The number of hydrogen-bond acceptors (Lipinski definition) is 3. The fraction of sp³-hybridized carbons (Fsp3) is 0.133. The molecule has 0 spiro atoms. The van der Waals surface area contributed by atoms with E-state index in [2.05, 4.69) is 0 Å². The van der Waals surface area contributed by atoms with Crippen LogP contribution in [0, 0.1) is 11.6 Å². The van der Waals surface area contributed by atoms with Crippen molar-refractivity contribution in [2.24, 2.45) is 0 Å². The van der Waals surface area contributed by atoms with Crippen molar-refractivity contribution in [1.29, 1.82) is 0 Å². The second-order valence-corrected chi connectivity index (χ2v) is 4.64. The van der Waals surface area contributed by atoms with Crippen LogP contribution in [0.5, 0.6) is 0 Å². The molecule has 0 aromatic heterocycles. The molecular formula is C15H14F2N2O2. The molecule has 0 bridgehead atoms. The van der Waals surface area contributed by atoms with Crippen LogP contribution < -0.4 is 10.6 Å². The van der Waals surface area contributed by atoms with Crippen LogP contribution in [-0.2, 0) is 6.54 Å². The number of carboxylic acids is 1. The lowest BCUT2D eigenvalue weighted by atomic mass is 10.1. The molecule has 110 valence electrons. The quantitative estimate of drug-likeness (QED) is 0.850. The van der Waals surface area contributed by atoms with Gasteiger partial charge in [0.15, 0.2) is 0 Å². The minimum Gasteiger partial charge on any atom is -0.478 e. The summed E-state index contributed by atoms with van der Waals surface area (Å²) in [5.41, 5.74) is 5.56. The van der Waals surface area contributed by atoms with E-state index >= 15 is 0 Å². The summed E-state index contributed by atoms with van der Waals surface area (Å²) in [6.07, 6.45) is 0. The number of aromatic carboxylic acids is 1. The molecule has 2 aromatic rings. The van der Waals surface area contributed by atoms with Gasteiger partial charge >= 0.3 is 5.97 Å². The first kappa shape index (κ1) is 14.8. The fourth-order valence-corrected chi connectivity index (χ4v) is 2.02. The number of halogens is 2. The van der Waals surface area contributed by atoms with E-state index < -0.39 is 17.6 Å². The Kier molecular flexibility index (Phi) is 4.07. The van der Waals surface area contributed by atoms with Crippen LogP contribution in [-0.4, -0.2) is 18.1 Å². The molecule has 0 unspecified atom stereocenters. The lowest BCUT2D eigenvalue weighted by molar-refractivity contribution is 0.0698. The maximum Gasteiger partial charge on any atom is 0.337 e. The Morgan fingerprint density at radius 2 is 1.90 bits per heavy atom. The SMILES string of the molecule is CN(Cc1ccccc1F)c1cc(C(=O)O)c(N)cc1F. The van der Waals surface area contributed by atoms with Crippen molar-refractivity contribution < 1.29 is 18.7 Å². The maximum atomic E-state index is 13.9. The van der Waals surface area contributed by atoms with Gasteiger partial charge in [-0.1, -0.05) is 18.2 Å². The molecule has 4 nitrogen and oxygen atoms in total. The molecule has 0 heterocycles. The van der Waals surface area contributed by atoms with E-state index in [0.717, 1.165) is 12.1 Å². The van der Waals surface area contributed by atoms with Gasteiger partial charge in [-0.3, -0.25) is 0 Å². The van der Waals surface area contributed by atoms with Crippen LogP contribution in [0.3, 0.4) is 0 Å². The Bertz CT molecular complexity index is 689. The number of benzene rings is 2. The highest BCUT2D eigenvalue weighted by molar-refractivity contribution is 5.95. The van der Waals surface area contributed by atoms with E-state index in [1.165, 1.54) is 11.0 Å².